The topological polar surface area (TPSA) is 40.5 Å². The number of aliphatic hydroxyl groups is 2. The lowest BCUT2D eigenvalue weighted by molar-refractivity contribution is -0.408. The van der Waals surface area contributed by atoms with Gasteiger partial charge in [0, 0.05) is 11.3 Å². The van der Waals surface area contributed by atoms with Gasteiger partial charge in [-0.3, -0.25) is 0 Å². The number of fused-ring (bicyclic) bond motifs is 4. The zero-order valence-electron chi connectivity index (χ0n) is 22.0. The maximum Gasteiger partial charge on any atom is 0.426 e. The van der Waals surface area contributed by atoms with Gasteiger partial charge in [0.25, 0.3) is 11.2 Å². The molecule has 0 radical (unpaired) electrons. The van der Waals surface area contributed by atoms with Gasteiger partial charge in [-0.15, -0.1) is 0 Å². The highest BCUT2D eigenvalue weighted by Crippen LogP contribution is 2.66. The van der Waals surface area contributed by atoms with Crippen molar-refractivity contribution < 1.29 is 62.9 Å². The molecule has 4 atom stereocenters. The van der Waals surface area contributed by atoms with Gasteiger partial charge in [0.15, 0.2) is 0 Å². The fourth-order valence-electron chi connectivity index (χ4n) is 9.56. The Kier molecular flexibility index (Phi) is 7.43. The molecule has 40 heavy (non-hydrogen) atoms. The minimum absolute atomic E-state index is 0.184. The summed E-state index contributed by atoms with van der Waals surface area (Å²) in [6, 6.07) is 0. The zero-order chi connectivity index (χ0) is 30.5. The molecule has 2 nitrogen and oxygen atoms in total. The predicted octanol–water partition coefficient (Wildman–Crippen LogP) is 8.36. The Labute approximate surface area is 223 Å². The summed E-state index contributed by atoms with van der Waals surface area (Å²) in [5.41, 5.74) is -12.8. The van der Waals surface area contributed by atoms with Crippen LogP contribution >= 0.6 is 0 Å². The van der Waals surface area contributed by atoms with Crippen molar-refractivity contribution in [1.82, 2.24) is 0 Å². The van der Waals surface area contributed by atoms with Crippen molar-refractivity contribution in [2.24, 2.45) is 46.3 Å². The van der Waals surface area contributed by atoms with E-state index in [1.165, 1.54) is 0 Å². The van der Waals surface area contributed by atoms with Gasteiger partial charge in [-0.25, -0.2) is 0 Å². The standard InChI is InChI=1S/C26H34F12O2/c1-19(9-13-3-14(10-19)8-18(7-13)21(39,23(27,28)29)24(30,31)32)17-5-15-4-16(6-17)12-20(2,11-15)22(40,25(33,34)35)26(36,37)38/h13-18,39-40H,3-12H2,1-2H3. The Morgan fingerprint density at radius 2 is 0.850 bits per heavy atom. The number of rotatable bonds is 3. The average molecular weight is 607 g/mol. The van der Waals surface area contributed by atoms with Crippen LogP contribution in [0.4, 0.5) is 52.7 Å². The lowest BCUT2D eigenvalue weighted by Gasteiger charge is -2.58. The number of hydrogen-bond donors (Lipinski definition) is 2. The van der Waals surface area contributed by atoms with Gasteiger partial charge in [0.05, 0.1) is 0 Å². The summed E-state index contributed by atoms with van der Waals surface area (Å²) in [6.45, 7) is 2.68. The Hall–Kier alpha value is -0.920. The molecule has 0 spiro atoms. The van der Waals surface area contributed by atoms with Crippen molar-refractivity contribution in [3.05, 3.63) is 0 Å². The summed E-state index contributed by atoms with van der Waals surface area (Å²) in [7, 11) is 0. The fourth-order valence-corrected chi connectivity index (χ4v) is 9.56. The Bertz CT molecular complexity index is 893. The fraction of sp³-hybridized carbons (Fsp3) is 1.00. The highest BCUT2D eigenvalue weighted by molar-refractivity contribution is 5.11. The maximum atomic E-state index is 13.7. The first-order valence-corrected chi connectivity index (χ1v) is 13.5. The summed E-state index contributed by atoms with van der Waals surface area (Å²) >= 11 is 0. The third-order valence-corrected chi connectivity index (χ3v) is 10.9. The highest BCUT2D eigenvalue weighted by Gasteiger charge is 2.78. The number of halogens is 12. The Morgan fingerprint density at radius 1 is 0.500 bits per heavy atom. The monoisotopic (exact) mass is 606 g/mol. The molecule has 4 unspecified atom stereocenters. The van der Waals surface area contributed by atoms with E-state index in [1.807, 2.05) is 6.92 Å². The molecule has 2 N–H and O–H groups in total. The largest absolute Gasteiger partial charge is 0.426 e. The summed E-state index contributed by atoms with van der Waals surface area (Å²) in [6.07, 6.45) is -23.8. The van der Waals surface area contributed by atoms with Crippen molar-refractivity contribution in [2.45, 2.75) is 114 Å². The molecule has 4 aliphatic carbocycles. The van der Waals surface area contributed by atoms with Gasteiger partial charge in [0.1, 0.15) is 0 Å². The zero-order valence-corrected chi connectivity index (χ0v) is 22.0. The highest BCUT2D eigenvalue weighted by atomic mass is 19.4. The Balaban J connectivity index is 1.52. The molecule has 0 saturated heterocycles. The van der Waals surface area contributed by atoms with Gasteiger partial charge < -0.3 is 10.2 Å². The minimum atomic E-state index is -5.94. The van der Waals surface area contributed by atoms with Crippen molar-refractivity contribution >= 4 is 0 Å². The number of hydrogen-bond acceptors (Lipinski definition) is 2. The van der Waals surface area contributed by atoms with E-state index in [-0.39, 0.29) is 31.6 Å². The van der Waals surface area contributed by atoms with E-state index in [1.54, 1.807) is 0 Å². The smallest absolute Gasteiger partial charge is 0.373 e. The lowest BCUT2D eigenvalue weighted by Crippen LogP contribution is -2.68. The van der Waals surface area contributed by atoms with Crippen LogP contribution in [0.3, 0.4) is 0 Å². The molecule has 4 aliphatic rings. The van der Waals surface area contributed by atoms with E-state index in [2.05, 4.69) is 0 Å². The van der Waals surface area contributed by atoms with Crippen LogP contribution in [-0.2, 0) is 0 Å². The molecule has 4 bridgehead atoms. The van der Waals surface area contributed by atoms with Crippen LogP contribution in [-0.4, -0.2) is 46.1 Å². The summed E-state index contributed by atoms with van der Waals surface area (Å²) in [4.78, 5) is 0. The van der Waals surface area contributed by atoms with Crippen LogP contribution in [0.1, 0.15) is 78.1 Å². The minimum Gasteiger partial charge on any atom is -0.373 e. The molecule has 4 fully saturated rings. The third-order valence-electron chi connectivity index (χ3n) is 10.9. The third kappa shape index (κ3) is 4.82. The summed E-state index contributed by atoms with van der Waals surface area (Å²) in [5, 5.41) is 20.1. The first kappa shape index (κ1) is 32.0. The van der Waals surface area contributed by atoms with Crippen LogP contribution in [0.2, 0.25) is 0 Å². The van der Waals surface area contributed by atoms with Gasteiger partial charge >= 0.3 is 24.7 Å². The van der Waals surface area contributed by atoms with Crippen LogP contribution in [0, 0.1) is 46.3 Å². The summed E-state index contributed by atoms with van der Waals surface area (Å²) < 4.78 is 163. The molecule has 0 aliphatic heterocycles. The molecular formula is C26H34F12O2. The molecule has 4 saturated carbocycles. The molecule has 4 rings (SSSR count). The van der Waals surface area contributed by atoms with Gasteiger partial charge in [0.2, 0.25) is 0 Å². The van der Waals surface area contributed by atoms with Crippen LogP contribution < -0.4 is 0 Å². The predicted molar refractivity (Wildman–Crippen MR) is 117 cm³/mol. The molecule has 0 aromatic heterocycles. The normalized spacial score (nSPS) is 40.2. The number of alkyl halides is 12. The maximum absolute atomic E-state index is 13.7. The van der Waals surface area contributed by atoms with Gasteiger partial charge in [-0.1, -0.05) is 13.8 Å². The van der Waals surface area contributed by atoms with E-state index in [4.69, 9.17) is 0 Å². The quantitative estimate of drug-likeness (QED) is 0.317. The van der Waals surface area contributed by atoms with E-state index >= 15 is 0 Å². The van der Waals surface area contributed by atoms with Crippen molar-refractivity contribution in [3.63, 3.8) is 0 Å². The van der Waals surface area contributed by atoms with Gasteiger partial charge in [-0.2, -0.15) is 52.7 Å². The van der Waals surface area contributed by atoms with Crippen LogP contribution in [0.5, 0.6) is 0 Å². The first-order chi connectivity index (χ1) is 17.8. The lowest BCUT2D eigenvalue weighted by atomic mass is 9.48. The van der Waals surface area contributed by atoms with Crippen LogP contribution in [0.25, 0.3) is 0 Å². The van der Waals surface area contributed by atoms with Crippen LogP contribution in [0.15, 0.2) is 0 Å². The summed E-state index contributed by atoms with van der Waals surface area (Å²) in [5.74, 6) is -4.42. The Morgan fingerprint density at radius 3 is 1.18 bits per heavy atom. The molecule has 14 heteroatoms. The van der Waals surface area contributed by atoms with Gasteiger partial charge in [-0.05, 0) is 99.2 Å². The molecule has 0 aromatic rings. The molecule has 0 aromatic carbocycles. The molecular weight excluding hydrogens is 572 g/mol. The van der Waals surface area contributed by atoms with E-state index < -0.39 is 102 Å². The first-order valence-electron chi connectivity index (χ1n) is 13.5. The van der Waals surface area contributed by atoms with Crippen molar-refractivity contribution in [3.8, 4) is 0 Å². The molecule has 0 heterocycles. The second kappa shape index (κ2) is 9.29. The van der Waals surface area contributed by atoms with E-state index in [9.17, 15) is 62.9 Å². The second-order valence-corrected chi connectivity index (χ2v) is 13.8. The van der Waals surface area contributed by atoms with Crippen molar-refractivity contribution in [2.75, 3.05) is 0 Å². The molecule has 0 amide bonds. The van der Waals surface area contributed by atoms with E-state index in [0.717, 1.165) is 6.92 Å². The van der Waals surface area contributed by atoms with E-state index in [0.29, 0.717) is 12.8 Å². The van der Waals surface area contributed by atoms with Crippen molar-refractivity contribution in [1.29, 1.82) is 0 Å². The second-order valence-electron chi connectivity index (χ2n) is 13.8. The molecule has 234 valence electrons. The average Bonchev–Trinajstić information content (AvgIpc) is 2.73. The SMILES string of the molecule is CC1(C2CC3CC(C2)CC(C)(C(O)(C(F)(F)F)C(F)(F)F)C3)CC2CC(CC(C(O)(C(F)(F)F)C(F)(F)F)C2)C1.